The van der Waals surface area contributed by atoms with E-state index in [0.717, 1.165) is 67.0 Å². The minimum Gasteiger partial charge on any atom is -0.386 e. The van der Waals surface area contributed by atoms with Gasteiger partial charge in [0.15, 0.2) is 0 Å². The van der Waals surface area contributed by atoms with Gasteiger partial charge in [0.1, 0.15) is 16.1 Å². The van der Waals surface area contributed by atoms with E-state index >= 15 is 0 Å². The van der Waals surface area contributed by atoms with E-state index < -0.39 is 28.1 Å². The molecule has 2 aromatic heterocycles. The zero-order valence-corrected chi connectivity index (χ0v) is 42.1. The van der Waals surface area contributed by atoms with E-state index in [9.17, 15) is 9.59 Å². The number of fused-ring (bicyclic) bond motifs is 1. The molecule has 0 saturated carbocycles. The van der Waals surface area contributed by atoms with Crippen LogP contribution in [0.1, 0.15) is 115 Å². The molecule has 7 rings (SSSR count). The van der Waals surface area contributed by atoms with E-state index in [-0.39, 0.29) is 11.1 Å². The Kier molecular flexibility index (Phi) is 13.8. The number of carbonyl (C=O) groups excluding carboxylic acids is 2. The standard InChI is InChI=1S/C58H62N2O3Si2/c1-37(2)64(38(3)4,39(5)6)33-29-43-19-23-45(24-20-43)54-51(52-17-13-15-31-59-52)36-49(47-27-28-48-50(35-47)58(62)63-57(48)61)56(53-18-14-16-32-60-53)55(54)46-25-21-44(22-26-46)30-34-65(40(7)8,41(9)10)42(11)12/h13-28,31-32,35-42H,1-12H3. The minimum atomic E-state index is -1.98. The van der Waals surface area contributed by atoms with Gasteiger partial charge in [-0.05, 0) is 128 Å². The van der Waals surface area contributed by atoms with Gasteiger partial charge >= 0.3 is 11.9 Å². The second kappa shape index (κ2) is 19.1. The van der Waals surface area contributed by atoms with Crippen LogP contribution in [-0.2, 0) is 4.74 Å². The molecule has 0 saturated heterocycles. The molecule has 6 aromatic rings. The maximum atomic E-state index is 13.0. The summed E-state index contributed by atoms with van der Waals surface area (Å²) in [6.45, 7) is 28.1. The zero-order valence-electron chi connectivity index (χ0n) is 40.1. The summed E-state index contributed by atoms with van der Waals surface area (Å²) in [5, 5.41) is 0. The van der Waals surface area contributed by atoms with Crippen LogP contribution in [0.5, 0.6) is 0 Å². The Balaban J connectivity index is 1.55. The van der Waals surface area contributed by atoms with Gasteiger partial charge in [0.05, 0.1) is 22.5 Å². The number of esters is 2. The van der Waals surface area contributed by atoms with Crippen molar-refractivity contribution in [3.05, 3.63) is 144 Å². The number of pyridine rings is 2. The quantitative estimate of drug-likeness (QED) is 0.0561. The molecule has 0 unspecified atom stereocenters. The molecular formula is C58H62N2O3Si2. The largest absolute Gasteiger partial charge is 0.386 e. The normalized spacial score (nSPS) is 12.8. The van der Waals surface area contributed by atoms with Crippen LogP contribution >= 0.6 is 0 Å². The number of cyclic esters (lactones) is 2. The predicted octanol–water partition coefficient (Wildman–Crippen LogP) is 15.3. The average molecular weight is 891 g/mol. The molecule has 3 heterocycles. The number of aromatic nitrogens is 2. The number of benzene rings is 4. The van der Waals surface area contributed by atoms with Crippen LogP contribution in [-0.4, -0.2) is 38.1 Å². The van der Waals surface area contributed by atoms with Crippen LogP contribution in [0.25, 0.3) is 55.9 Å². The zero-order chi connectivity index (χ0) is 46.8. The summed E-state index contributed by atoms with van der Waals surface area (Å²) < 4.78 is 5.06. The second-order valence-electron chi connectivity index (χ2n) is 19.4. The summed E-state index contributed by atoms with van der Waals surface area (Å²) in [6.07, 6.45) is 3.63. The molecule has 0 fully saturated rings. The topological polar surface area (TPSA) is 69.2 Å². The van der Waals surface area contributed by atoms with Crippen LogP contribution in [0.3, 0.4) is 0 Å². The lowest BCUT2D eigenvalue weighted by molar-refractivity contribution is 0.0443. The lowest BCUT2D eigenvalue weighted by Gasteiger charge is -2.38. The van der Waals surface area contributed by atoms with E-state index in [0.29, 0.717) is 33.2 Å². The number of ether oxygens (including phenoxy) is 1. The molecular weight excluding hydrogens is 829 g/mol. The number of rotatable bonds is 11. The molecule has 0 aliphatic carbocycles. The van der Waals surface area contributed by atoms with Gasteiger partial charge in [-0.15, -0.1) is 11.1 Å². The van der Waals surface area contributed by atoms with Crippen LogP contribution in [0.4, 0.5) is 0 Å². The Morgan fingerprint density at radius 3 is 1.29 bits per heavy atom. The van der Waals surface area contributed by atoms with Gasteiger partial charge in [0.25, 0.3) is 0 Å². The van der Waals surface area contributed by atoms with Gasteiger partial charge in [-0.3, -0.25) is 9.97 Å². The van der Waals surface area contributed by atoms with Gasteiger partial charge in [0.2, 0.25) is 0 Å². The molecule has 65 heavy (non-hydrogen) atoms. The Morgan fingerprint density at radius 1 is 0.415 bits per heavy atom. The molecule has 1 aliphatic rings. The first kappa shape index (κ1) is 46.9. The molecule has 1 aliphatic heterocycles. The molecule has 0 bridgehead atoms. The highest BCUT2D eigenvalue weighted by molar-refractivity contribution is 6.91. The van der Waals surface area contributed by atoms with Crippen molar-refractivity contribution in [2.45, 2.75) is 116 Å². The third-order valence-electron chi connectivity index (χ3n) is 14.1. The van der Waals surface area contributed by atoms with Crippen molar-refractivity contribution in [1.82, 2.24) is 9.97 Å². The van der Waals surface area contributed by atoms with E-state index in [1.807, 2.05) is 54.9 Å². The lowest BCUT2D eigenvalue weighted by atomic mass is 9.80. The minimum absolute atomic E-state index is 0.243. The third kappa shape index (κ3) is 8.85. The molecule has 4 aromatic carbocycles. The number of hydrogen-bond donors (Lipinski definition) is 0. The third-order valence-corrected chi connectivity index (χ3v) is 26.7. The monoisotopic (exact) mass is 890 g/mol. The van der Waals surface area contributed by atoms with Gasteiger partial charge in [-0.25, -0.2) is 9.59 Å². The van der Waals surface area contributed by atoms with Crippen molar-refractivity contribution in [2.75, 3.05) is 0 Å². The summed E-state index contributed by atoms with van der Waals surface area (Å²) >= 11 is 0. The molecule has 0 spiro atoms. The van der Waals surface area contributed by atoms with Crippen LogP contribution < -0.4 is 0 Å². The summed E-state index contributed by atoms with van der Waals surface area (Å²) in [4.78, 5) is 35.6. The molecule has 0 amide bonds. The Morgan fingerprint density at radius 2 is 0.846 bits per heavy atom. The fraction of sp³-hybridized carbons (Fsp3) is 0.310. The molecule has 7 heteroatoms. The van der Waals surface area contributed by atoms with Crippen LogP contribution in [0, 0.1) is 22.9 Å². The molecule has 5 nitrogen and oxygen atoms in total. The van der Waals surface area contributed by atoms with E-state index in [2.05, 4.69) is 161 Å². The van der Waals surface area contributed by atoms with E-state index in [4.69, 9.17) is 14.7 Å². The van der Waals surface area contributed by atoms with Crippen LogP contribution in [0.15, 0.2) is 122 Å². The molecule has 330 valence electrons. The van der Waals surface area contributed by atoms with Gasteiger partial charge in [-0.1, -0.05) is 137 Å². The van der Waals surface area contributed by atoms with Crippen molar-refractivity contribution < 1.29 is 14.3 Å². The Hall–Kier alpha value is -6.13. The number of carbonyl (C=O) groups is 2. The summed E-state index contributed by atoms with van der Waals surface area (Å²) in [7, 11) is -3.94. The van der Waals surface area contributed by atoms with Crippen molar-refractivity contribution in [2.24, 2.45) is 0 Å². The highest BCUT2D eigenvalue weighted by atomic mass is 28.3. The van der Waals surface area contributed by atoms with E-state index in [1.54, 1.807) is 12.1 Å². The van der Waals surface area contributed by atoms with Crippen molar-refractivity contribution in [3.8, 4) is 78.8 Å². The summed E-state index contributed by atoms with van der Waals surface area (Å²) in [6, 6.07) is 36.7. The predicted molar refractivity (Wildman–Crippen MR) is 275 cm³/mol. The first-order chi connectivity index (χ1) is 31.0. The Labute approximate surface area is 389 Å². The van der Waals surface area contributed by atoms with Gasteiger partial charge in [-0.2, -0.15) is 0 Å². The smallest absolute Gasteiger partial charge is 0.346 e. The number of hydrogen-bond acceptors (Lipinski definition) is 5. The molecule has 0 N–H and O–H groups in total. The summed E-state index contributed by atoms with van der Waals surface area (Å²) in [5.74, 6) is 6.04. The highest BCUT2D eigenvalue weighted by Crippen LogP contribution is 2.50. The van der Waals surface area contributed by atoms with Gasteiger partial charge < -0.3 is 4.74 Å². The SMILES string of the molecule is CC(C)[Si](C#Cc1ccc(-c2c(-c3ccccn3)cc(-c3ccc4c(c3)C(=O)OC4=O)c(-c3ccccn3)c2-c2ccc(C#C[Si](C(C)C)(C(C)C)C(C)C)cc2)cc1)(C(C)C)C(C)C. The molecule has 0 radical (unpaired) electrons. The first-order valence-electron chi connectivity index (χ1n) is 23.2. The fourth-order valence-corrected chi connectivity index (χ4v) is 21.4. The maximum absolute atomic E-state index is 13.0. The first-order valence-corrected chi connectivity index (χ1v) is 27.7. The van der Waals surface area contributed by atoms with Crippen LogP contribution in [0.2, 0.25) is 33.2 Å². The van der Waals surface area contributed by atoms with Gasteiger partial charge in [0, 0.05) is 40.2 Å². The van der Waals surface area contributed by atoms with Crippen molar-refractivity contribution in [1.29, 1.82) is 0 Å². The van der Waals surface area contributed by atoms with E-state index in [1.165, 1.54) is 0 Å². The maximum Gasteiger partial charge on any atom is 0.346 e. The second-order valence-corrected chi connectivity index (χ2v) is 30.6. The Bertz CT molecular complexity index is 2800. The fourth-order valence-electron chi connectivity index (χ4n) is 10.9. The summed E-state index contributed by atoms with van der Waals surface area (Å²) in [5.41, 5.74) is 22.3. The highest BCUT2D eigenvalue weighted by Gasteiger charge is 2.43. The molecule has 0 atom stereocenters. The van der Waals surface area contributed by atoms with Crippen molar-refractivity contribution in [3.63, 3.8) is 0 Å². The number of nitrogens with zero attached hydrogens (tertiary/aromatic N) is 2. The lowest BCUT2D eigenvalue weighted by Crippen LogP contribution is -2.43. The average Bonchev–Trinajstić information content (AvgIpc) is 3.57. The van der Waals surface area contributed by atoms with Crippen molar-refractivity contribution >= 4 is 28.1 Å².